The zero-order chi connectivity index (χ0) is 19.2. The van der Waals surface area contributed by atoms with Crippen LogP contribution in [0, 0.1) is 5.92 Å². The number of para-hydroxylation sites is 1. The van der Waals surface area contributed by atoms with Crippen LogP contribution in [0.15, 0.2) is 48.5 Å². The summed E-state index contributed by atoms with van der Waals surface area (Å²) < 4.78 is 36.1. The summed E-state index contributed by atoms with van der Waals surface area (Å²) in [5.41, 5.74) is 7.97. The van der Waals surface area contributed by atoms with Crippen molar-refractivity contribution in [3.8, 4) is 11.5 Å². The molecule has 2 N–H and O–H groups in total. The highest BCUT2D eigenvalue weighted by Crippen LogP contribution is 2.37. The second-order valence-corrected chi connectivity index (χ2v) is 6.76. The van der Waals surface area contributed by atoms with Gasteiger partial charge >= 0.3 is 6.61 Å². The van der Waals surface area contributed by atoms with E-state index in [1.165, 1.54) is 5.56 Å². The van der Waals surface area contributed by atoms with Gasteiger partial charge in [-0.15, -0.1) is 12.4 Å². The summed E-state index contributed by atoms with van der Waals surface area (Å²) in [6.45, 7) is 2.08. The van der Waals surface area contributed by atoms with Crippen molar-refractivity contribution in [3.63, 3.8) is 0 Å². The van der Waals surface area contributed by atoms with E-state index < -0.39 is 6.61 Å². The highest BCUT2D eigenvalue weighted by molar-refractivity contribution is 5.85. The average Bonchev–Trinajstić information content (AvgIpc) is 3.08. The summed E-state index contributed by atoms with van der Waals surface area (Å²) in [7, 11) is 0. The van der Waals surface area contributed by atoms with E-state index >= 15 is 0 Å². The maximum absolute atomic E-state index is 12.9. The number of hydrogen-bond donors (Lipinski definition) is 1. The Bertz CT molecular complexity index is 734. The van der Waals surface area contributed by atoms with Crippen LogP contribution < -0.4 is 15.2 Å². The van der Waals surface area contributed by atoms with Crippen molar-refractivity contribution in [3.05, 3.63) is 59.7 Å². The van der Waals surface area contributed by atoms with Gasteiger partial charge in [-0.25, -0.2) is 0 Å². The van der Waals surface area contributed by atoms with Crippen LogP contribution in [0.5, 0.6) is 11.5 Å². The van der Waals surface area contributed by atoms with Crippen LogP contribution >= 0.6 is 12.4 Å². The number of ether oxygens (including phenoxy) is 2. The molecule has 2 aromatic carbocycles. The molecule has 0 unspecified atom stereocenters. The van der Waals surface area contributed by atoms with Crippen LogP contribution in [0.25, 0.3) is 0 Å². The molecule has 1 fully saturated rings. The van der Waals surface area contributed by atoms with Gasteiger partial charge in [-0.2, -0.15) is 8.78 Å². The molecule has 2 aromatic rings. The van der Waals surface area contributed by atoms with Crippen molar-refractivity contribution in [1.82, 2.24) is 4.90 Å². The van der Waals surface area contributed by atoms with E-state index in [2.05, 4.69) is 17.0 Å². The molecule has 1 aliphatic rings. The topological polar surface area (TPSA) is 47.7 Å². The maximum Gasteiger partial charge on any atom is 0.387 e. The summed E-state index contributed by atoms with van der Waals surface area (Å²) >= 11 is 0. The lowest BCUT2D eigenvalue weighted by atomic mass is 9.89. The first-order valence-corrected chi connectivity index (χ1v) is 9.29. The van der Waals surface area contributed by atoms with Gasteiger partial charge < -0.3 is 15.2 Å². The molecule has 2 atom stereocenters. The highest BCUT2D eigenvalue weighted by Gasteiger charge is 2.33. The monoisotopic (exact) mass is 412 g/mol. The molecule has 0 aromatic heterocycles. The lowest BCUT2D eigenvalue weighted by Crippen LogP contribution is -2.23. The van der Waals surface area contributed by atoms with Gasteiger partial charge in [0.25, 0.3) is 0 Å². The largest absolute Gasteiger partial charge is 0.490 e. The molecular weight excluding hydrogens is 386 g/mol. The standard InChI is InChI=1S/C21H26F2N2O2.ClH/c1-2-26-19-10-6-9-16(20(19)27-21(22)23)12-25-13-17(11-24)18(14-25)15-7-4-3-5-8-15;/h3-10,17-18,21H,2,11-14,24H2,1H3;1H/t17-,18+;/m1./s1. The first-order valence-electron chi connectivity index (χ1n) is 9.29. The van der Waals surface area contributed by atoms with E-state index in [9.17, 15) is 8.78 Å². The second kappa shape index (κ2) is 10.6. The number of benzene rings is 2. The van der Waals surface area contributed by atoms with Gasteiger partial charge in [0, 0.05) is 31.1 Å². The van der Waals surface area contributed by atoms with Crippen LogP contribution in [-0.4, -0.2) is 37.8 Å². The third kappa shape index (κ3) is 5.34. The van der Waals surface area contributed by atoms with E-state index in [1.54, 1.807) is 6.07 Å². The van der Waals surface area contributed by atoms with Gasteiger partial charge in [0.1, 0.15) is 0 Å². The Labute approximate surface area is 171 Å². The lowest BCUT2D eigenvalue weighted by Gasteiger charge is -2.20. The maximum atomic E-state index is 12.9. The van der Waals surface area contributed by atoms with E-state index in [-0.39, 0.29) is 18.2 Å². The molecule has 3 rings (SSSR count). The smallest absolute Gasteiger partial charge is 0.387 e. The molecule has 1 heterocycles. The fourth-order valence-electron chi connectivity index (χ4n) is 3.83. The number of nitrogens with zero attached hydrogens (tertiary/aromatic N) is 1. The number of hydrogen-bond acceptors (Lipinski definition) is 4. The first-order chi connectivity index (χ1) is 13.1. The van der Waals surface area contributed by atoms with Gasteiger partial charge in [0.15, 0.2) is 11.5 Å². The Kier molecular flexibility index (Phi) is 8.48. The Hall–Kier alpha value is -1.89. The summed E-state index contributed by atoms with van der Waals surface area (Å²) in [5.74, 6) is 1.15. The second-order valence-electron chi connectivity index (χ2n) is 6.76. The van der Waals surface area contributed by atoms with Crippen LogP contribution in [0.4, 0.5) is 8.78 Å². The minimum absolute atomic E-state index is 0. The fourth-order valence-corrected chi connectivity index (χ4v) is 3.83. The van der Waals surface area contributed by atoms with Crippen LogP contribution in [0.2, 0.25) is 0 Å². The van der Waals surface area contributed by atoms with E-state index in [0.29, 0.717) is 42.8 Å². The normalized spacial score (nSPS) is 19.5. The summed E-state index contributed by atoms with van der Waals surface area (Å²) in [6.07, 6.45) is 0. The molecule has 1 saturated heterocycles. The van der Waals surface area contributed by atoms with Crippen molar-refractivity contribution >= 4 is 12.4 Å². The molecule has 0 spiro atoms. The minimum atomic E-state index is -2.89. The number of halogens is 3. The minimum Gasteiger partial charge on any atom is -0.490 e. The Morgan fingerprint density at radius 1 is 1.11 bits per heavy atom. The summed E-state index contributed by atoms with van der Waals surface area (Å²) in [6, 6.07) is 15.6. The third-order valence-corrected chi connectivity index (χ3v) is 5.01. The number of alkyl halides is 2. The molecule has 0 aliphatic carbocycles. The van der Waals surface area contributed by atoms with Gasteiger partial charge in [-0.1, -0.05) is 42.5 Å². The molecule has 1 aliphatic heterocycles. The molecule has 0 radical (unpaired) electrons. The van der Waals surface area contributed by atoms with Crippen LogP contribution in [-0.2, 0) is 6.54 Å². The van der Waals surface area contributed by atoms with Gasteiger partial charge in [0.2, 0.25) is 0 Å². The lowest BCUT2D eigenvalue weighted by molar-refractivity contribution is -0.0523. The zero-order valence-electron chi connectivity index (χ0n) is 15.9. The Morgan fingerprint density at radius 3 is 2.50 bits per heavy atom. The predicted octanol–water partition coefficient (Wildman–Crippen LogP) is 4.28. The number of nitrogens with two attached hydrogens (primary N) is 1. The van der Waals surface area contributed by atoms with Gasteiger partial charge in [-0.3, -0.25) is 4.90 Å². The first kappa shape index (κ1) is 22.4. The molecule has 0 amide bonds. The average molecular weight is 413 g/mol. The molecule has 7 heteroatoms. The summed E-state index contributed by atoms with van der Waals surface area (Å²) in [5, 5.41) is 0. The Morgan fingerprint density at radius 2 is 1.86 bits per heavy atom. The molecule has 28 heavy (non-hydrogen) atoms. The number of likely N-dealkylation sites (tertiary alicyclic amines) is 1. The van der Waals surface area contributed by atoms with Crippen LogP contribution in [0.3, 0.4) is 0 Å². The molecule has 4 nitrogen and oxygen atoms in total. The van der Waals surface area contributed by atoms with E-state index in [4.69, 9.17) is 15.2 Å². The van der Waals surface area contributed by atoms with Crippen molar-refractivity contribution in [2.45, 2.75) is 26.0 Å². The molecule has 0 saturated carbocycles. The van der Waals surface area contributed by atoms with E-state index in [0.717, 1.165) is 13.1 Å². The zero-order valence-corrected chi connectivity index (χ0v) is 16.7. The van der Waals surface area contributed by atoms with Crippen molar-refractivity contribution < 1.29 is 18.3 Å². The van der Waals surface area contributed by atoms with E-state index in [1.807, 2.05) is 37.3 Å². The van der Waals surface area contributed by atoms with Gasteiger partial charge in [-0.05, 0) is 31.0 Å². The SMILES string of the molecule is CCOc1cccc(CN2C[C@@H](CN)[C@H](c3ccccc3)C2)c1OC(F)F.Cl. The Balaban J connectivity index is 0.00000280. The fraction of sp³-hybridized carbons (Fsp3) is 0.429. The molecule has 154 valence electrons. The third-order valence-electron chi connectivity index (χ3n) is 5.01. The quantitative estimate of drug-likeness (QED) is 0.702. The number of rotatable bonds is 8. The van der Waals surface area contributed by atoms with Crippen LogP contribution in [0.1, 0.15) is 24.0 Å². The molecule has 0 bridgehead atoms. The van der Waals surface area contributed by atoms with Gasteiger partial charge in [0.05, 0.1) is 6.61 Å². The molecular formula is C21H27ClF2N2O2. The summed E-state index contributed by atoms with van der Waals surface area (Å²) in [4.78, 5) is 2.25. The van der Waals surface area contributed by atoms with Crippen molar-refractivity contribution in [2.75, 3.05) is 26.2 Å². The van der Waals surface area contributed by atoms with Crippen molar-refractivity contribution in [1.29, 1.82) is 0 Å². The highest BCUT2D eigenvalue weighted by atomic mass is 35.5. The predicted molar refractivity (Wildman–Crippen MR) is 108 cm³/mol. The van der Waals surface area contributed by atoms with Crippen molar-refractivity contribution in [2.24, 2.45) is 11.7 Å².